The number of carbonyl (C=O) groups excluding carboxylic acids is 1. The van der Waals surface area contributed by atoms with Crippen molar-refractivity contribution in [2.75, 3.05) is 20.1 Å². The Kier molecular flexibility index (Phi) is 3.51. The molecule has 2 heterocycles. The van der Waals surface area contributed by atoms with Gasteiger partial charge in [0.2, 0.25) is 5.91 Å². The minimum absolute atomic E-state index is 0.216. The van der Waals surface area contributed by atoms with E-state index in [4.69, 9.17) is 0 Å². The molecule has 0 bridgehead atoms. The molecular formula is C15H21N3O. The molecule has 19 heavy (non-hydrogen) atoms. The number of aromatic nitrogens is 1. The molecule has 1 aromatic heterocycles. The lowest BCUT2D eigenvalue weighted by molar-refractivity contribution is -0.123. The Labute approximate surface area is 114 Å². The second-order valence-corrected chi connectivity index (χ2v) is 5.88. The SMILES string of the molecule is CN1CCC(NC(=O)C2CC2Cc2ccccn2)C1. The van der Waals surface area contributed by atoms with Crippen LogP contribution in [0.4, 0.5) is 0 Å². The largest absolute Gasteiger partial charge is 0.352 e. The zero-order valence-corrected chi connectivity index (χ0v) is 11.4. The topological polar surface area (TPSA) is 45.2 Å². The summed E-state index contributed by atoms with van der Waals surface area (Å²) >= 11 is 0. The predicted molar refractivity (Wildman–Crippen MR) is 73.6 cm³/mol. The first kappa shape index (κ1) is 12.6. The molecule has 2 aliphatic rings. The van der Waals surface area contributed by atoms with Crippen LogP contribution in [0.5, 0.6) is 0 Å². The van der Waals surface area contributed by atoms with Crippen molar-refractivity contribution in [2.45, 2.75) is 25.3 Å². The molecule has 4 nitrogen and oxygen atoms in total. The maximum absolute atomic E-state index is 12.1. The molecule has 0 aromatic carbocycles. The molecule has 1 saturated heterocycles. The van der Waals surface area contributed by atoms with Gasteiger partial charge in [-0.25, -0.2) is 0 Å². The van der Waals surface area contributed by atoms with E-state index in [1.165, 1.54) is 0 Å². The summed E-state index contributed by atoms with van der Waals surface area (Å²) in [6, 6.07) is 6.33. The lowest BCUT2D eigenvalue weighted by Crippen LogP contribution is -2.37. The van der Waals surface area contributed by atoms with E-state index < -0.39 is 0 Å². The molecule has 1 aliphatic heterocycles. The number of amides is 1. The molecule has 1 N–H and O–H groups in total. The summed E-state index contributed by atoms with van der Waals surface area (Å²) in [6.07, 6.45) is 4.86. The van der Waals surface area contributed by atoms with Gasteiger partial charge in [0, 0.05) is 30.4 Å². The maximum atomic E-state index is 12.1. The first-order valence-electron chi connectivity index (χ1n) is 7.11. The number of carbonyl (C=O) groups is 1. The van der Waals surface area contributed by atoms with Crippen LogP contribution in [0.15, 0.2) is 24.4 Å². The number of hydrogen-bond acceptors (Lipinski definition) is 3. The van der Waals surface area contributed by atoms with Gasteiger partial charge in [-0.1, -0.05) is 6.07 Å². The molecule has 0 spiro atoms. The van der Waals surface area contributed by atoms with Crippen LogP contribution in [0.3, 0.4) is 0 Å². The van der Waals surface area contributed by atoms with Gasteiger partial charge in [-0.2, -0.15) is 0 Å². The number of rotatable bonds is 4. The summed E-state index contributed by atoms with van der Waals surface area (Å²) in [5.74, 6) is 0.961. The molecule has 1 aliphatic carbocycles. The fraction of sp³-hybridized carbons (Fsp3) is 0.600. The van der Waals surface area contributed by atoms with E-state index in [9.17, 15) is 4.79 Å². The van der Waals surface area contributed by atoms with E-state index in [0.717, 1.165) is 38.0 Å². The van der Waals surface area contributed by atoms with Crippen LogP contribution < -0.4 is 5.32 Å². The number of likely N-dealkylation sites (N-methyl/N-ethyl adjacent to an activating group) is 1. The normalized spacial score (nSPS) is 30.3. The van der Waals surface area contributed by atoms with Crippen LogP contribution in [0.25, 0.3) is 0 Å². The van der Waals surface area contributed by atoms with Gasteiger partial charge in [-0.3, -0.25) is 9.78 Å². The van der Waals surface area contributed by atoms with E-state index in [-0.39, 0.29) is 11.8 Å². The van der Waals surface area contributed by atoms with Crippen LogP contribution in [-0.4, -0.2) is 42.0 Å². The molecule has 4 heteroatoms. The average Bonchev–Trinajstić information content (AvgIpc) is 3.05. The Morgan fingerprint density at radius 2 is 2.42 bits per heavy atom. The number of likely N-dealkylation sites (tertiary alicyclic amines) is 1. The second-order valence-electron chi connectivity index (χ2n) is 5.88. The van der Waals surface area contributed by atoms with Crippen molar-refractivity contribution in [3.63, 3.8) is 0 Å². The highest BCUT2D eigenvalue weighted by Crippen LogP contribution is 2.41. The number of pyridine rings is 1. The van der Waals surface area contributed by atoms with Crippen molar-refractivity contribution < 1.29 is 4.79 Å². The van der Waals surface area contributed by atoms with Gasteiger partial charge in [0.1, 0.15) is 0 Å². The van der Waals surface area contributed by atoms with Crippen LogP contribution in [0.2, 0.25) is 0 Å². The summed E-state index contributed by atoms with van der Waals surface area (Å²) in [6.45, 7) is 2.08. The minimum atomic E-state index is 0.216. The van der Waals surface area contributed by atoms with Crippen molar-refractivity contribution >= 4 is 5.91 Å². The first-order valence-corrected chi connectivity index (χ1v) is 7.11. The second kappa shape index (κ2) is 5.29. The number of hydrogen-bond donors (Lipinski definition) is 1. The minimum Gasteiger partial charge on any atom is -0.352 e. The predicted octanol–water partition coefficient (Wildman–Crippen LogP) is 1.08. The summed E-state index contributed by atoms with van der Waals surface area (Å²) < 4.78 is 0. The van der Waals surface area contributed by atoms with E-state index >= 15 is 0 Å². The van der Waals surface area contributed by atoms with Gasteiger partial charge >= 0.3 is 0 Å². The maximum Gasteiger partial charge on any atom is 0.223 e. The fourth-order valence-electron chi connectivity index (χ4n) is 2.94. The van der Waals surface area contributed by atoms with E-state index in [1.807, 2.05) is 24.4 Å². The highest BCUT2D eigenvalue weighted by molar-refractivity contribution is 5.81. The fourth-order valence-corrected chi connectivity index (χ4v) is 2.94. The van der Waals surface area contributed by atoms with Gasteiger partial charge < -0.3 is 10.2 Å². The summed E-state index contributed by atoms with van der Waals surface area (Å²) in [7, 11) is 2.10. The Hall–Kier alpha value is -1.42. The van der Waals surface area contributed by atoms with E-state index in [1.54, 1.807) is 0 Å². The van der Waals surface area contributed by atoms with Crippen LogP contribution >= 0.6 is 0 Å². The van der Waals surface area contributed by atoms with Crippen molar-refractivity contribution in [1.29, 1.82) is 0 Å². The lowest BCUT2D eigenvalue weighted by Gasteiger charge is -2.12. The quantitative estimate of drug-likeness (QED) is 0.880. The monoisotopic (exact) mass is 259 g/mol. The van der Waals surface area contributed by atoms with Crippen molar-refractivity contribution in [1.82, 2.24) is 15.2 Å². The van der Waals surface area contributed by atoms with Crippen molar-refractivity contribution in [2.24, 2.45) is 11.8 Å². The molecular weight excluding hydrogens is 238 g/mol. The number of nitrogens with one attached hydrogen (secondary N) is 1. The Morgan fingerprint density at radius 1 is 1.53 bits per heavy atom. The van der Waals surface area contributed by atoms with Crippen LogP contribution in [0, 0.1) is 11.8 Å². The van der Waals surface area contributed by atoms with Gasteiger partial charge in [0.05, 0.1) is 0 Å². The molecule has 102 valence electrons. The highest BCUT2D eigenvalue weighted by Gasteiger charge is 2.43. The van der Waals surface area contributed by atoms with Gasteiger partial charge in [0.25, 0.3) is 0 Å². The molecule has 1 aromatic rings. The van der Waals surface area contributed by atoms with Crippen molar-refractivity contribution in [3.8, 4) is 0 Å². The molecule has 1 saturated carbocycles. The Bertz CT molecular complexity index is 448. The van der Waals surface area contributed by atoms with Gasteiger partial charge in [-0.05, 0) is 50.9 Å². The Morgan fingerprint density at radius 3 is 3.11 bits per heavy atom. The molecule has 3 rings (SSSR count). The van der Waals surface area contributed by atoms with Gasteiger partial charge in [-0.15, -0.1) is 0 Å². The standard InChI is InChI=1S/C15H21N3O/c1-18-7-5-13(10-18)17-15(19)14-9-11(14)8-12-4-2-3-6-16-12/h2-4,6,11,13-14H,5,7-10H2,1H3,(H,17,19). The summed E-state index contributed by atoms with van der Waals surface area (Å²) in [5.41, 5.74) is 1.10. The zero-order chi connectivity index (χ0) is 13.2. The molecule has 3 atom stereocenters. The summed E-state index contributed by atoms with van der Waals surface area (Å²) in [4.78, 5) is 18.7. The third kappa shape index (κ3) is 3.13. The lowest BCUT2D eigenvalue weighted by atomic mass is 10.1. The molecule has 3 unspecified atom stereocenters. The van der Waals surface area contributed by atoms with E-state index in [2.05, 4.69) is 22.2 Å². The van der Waals surface area contributed by atoms with Gasteiger partial charge in [0.15, 0.2) is 0 Å². The van der Waals surface area contributed by atoms with Crippen LogP contribution in [-0.2, 0) is 11.2 Å². The molecule has 2 fully saturated rings. The summed E-state index contributed by atoms with van der Waals surface area (Å²) in [5, 5.41) is 3.19. The molecule has 1 amide bonds. The third-order valence-corrected chi connectivity index (χ3v) is 4.19. The van der Waals surface area contributed by atoms with E-state index in [0.29, 0.717) is 12.0 Å². The Balaban J connectivity index is 1.46. The average molecular weight is 259 g/mol. The zero-order valence-electron chi connectivity index (χ0n) is 11.4. The van der Waals surface area contributed by atoms with Crippen LogP contribution in [0.1, 0.15) is 18.5 Å². The molecule has 0 radical (unpaired) electrons. The number of nitrogens with zero attached hydrogens (tertiary/aromatic N) is 2. The highest BCUT2D eigenvalue weighted by atomic mass is 16.2. The smallest absolute Gasteiger partial charge is 0.223 e. The third-order valence-electron chi connectivity index (χ3n) is 4.19. The van der Waals surface area contributed by atoms with Crippen molar-refractivity contribution in [3.05, 3.63) is 30.1 Å². The first-order chi connectivity index (χ1) is 9.22.